The number of carbonyl (C=O) groups excluding carboxylic acids is 3. The molecule has 0 saturated carbocycles. The standard InChI is InChI=1S/C26H40N8O5/c1-4-14(2)21(34-22(35)15(3)27)24(37)33-20(12-16-13-31-18-9-6-5-8-17(16)18)23(36)32-19(25(38)39)10-7-11-30-26(28)29/h5-6,8-9,13-15,19-21,31H,4,7,10-12,27H2,1-3H3,(H,32,36)(H,33,37)(H,34,35)(H,38,39)(H4,28,29,30). The molecular weight excluding hydrogens is 504 g/mol. The number of carboxylic acids is 1. The molecule has 5 atom stereocenters. The Morgan fingerprint density at radius 3 is 2.28 bits per heavy atom. The highest BCUT2D eigenvalue weighted by Gasteiger charge is 2.32. The van der Waals surface area contributed by atoms with E-state index >= 15 is 0 Å². The summed E-state index contributed by atoms with van der Waals surface area (Å²) in [6.45, 7) is 5.39. The Labute approximate surface area is 227 Å². The second-order valence-electron chi connectivity index (χ2n) is 9.63. The summed E-state index contributed by atoms with van der Waals surface area (Å²) in [6, 6.07) is 3.36. The molecule has 214 valence electrons. The predicted molar refractivity (Wildman–Crippen MR) is 148 cm³/mol. The molecule has 13 nitrogen and oxygen atoms in total. The van der Waals surface area contributed by atoms with Gasteiger partial charge in [-0.25, -0.2) is 4.79 Å². The highest BCUT2D eigenvalue weighted by molar-refractivity contribution is 5.95. The smallest absolute Gasteiger partial charge is 0.326 e. The van der Waals surface area contributed by atoms with Gasteiger partial charge in [-0.15, -0.1) is 0 Å². The molecule has 0 saturated heterocycles. The Morgan fingerprint density at radius 1 is 1.00 bits per heavy atom. The average Bonchev–Trinajstić information content (AvgIpc) is 3.30. The number of nitrogens with zero attached hydrogens (tertiary/aromatic N) is 1. The number of hydrogen-bond donors (Lipinski definition) is 8. The van der Waals surface area contributed by atoms with Crippen molar-refractivity contribution in [3.05, 3.63) is 36.0 Å². The summed E-state index contributed by atoms with van der Waals surface area (Å²) in [5.41, 5.74) is 17.9. The van der Waals surface area contributed by atoms with Crippen molar-refractivity contribution in [2.75, 3.05) is 6.54 Å². The van der Waals surface area contributed by atoms with Gasteiger partial charge in [-0.05, 0) is 37.3 Å². The lowest BCUT2D eigenvalue weighted by molar-refractivity contribution is -0.142. The Kier molecular flexibility index (Phi) is 11.7. The Morgan fingerprint density at radius 2 is 1.67 bits per heavy atom. The molecule has 0 aliphatic heterocycles. The molecule has 1 heterocycles. The van der Waals surface area contributed by atoms with Gasteiger partial charge in [0, 0.05) is 30.1 Å². The third-order valence-electron chi connectivity index (χ3n) is 6.50. The van der Waals surface area contributed by atoms with Gasteiger partial charge in [0.15, 0.2) is 5.96 Å². The Bertz CT molecular complexity index is 1170. The number of nitrogens with two attached hydrogens (primary N) is 3. The number of hydrogen-bond acceptors (Lipinski definition) is 6. The SMILES string of the molecule is CCC(C)C(NC(=O)C(C)N)C(=O)NC(Cc1c[nH]c2ccccc12)C(=O)NC(CCCN=C(N)N)C(=O)O. The van der Waals surface area contributed by atoms with E-state index in [-0.39, 0.29) is 31.3 Å². The third-order valence-corrected chi connectivity index (χ3v) is 6.50. The van der Waals surface area contributed by atoms with Crippen LogP contribution in [0.1, 0.15) is 45.6 Å². The summed E-state index contributed by atoms with van der Waals surface area (Å²) in [4.78, 5) is 57.9. The normalized spacial score (nSPS) is 14.9. The summed E-state index contributed by atoms with van der Waals surface area (Å²) >= 11 is 0. The predicted octanol–water partition coefficient (Wildman–Crippen LogP) is -0.304. The minimum Gasteiger partial charge on any atom is -0.480 e. The van der Waals surface area contributed by atoms with E-state index in [1.165, 1.54) is 6.92 Å². The maximum absolute atomic E-state index is 13.4. The number of H-pyrrole nitrogens is 1. The molecule has 0 spiro atoms. The van der Waals surface area contributed by atoms with Crippen LogP contribution >= 0.6 is 0 Å². The minimum atomic E-state index is -1.23. The van der Waals surface area contributed by atoms with Crippen LogP contribution in [0, 0.1) is 5.92 Å². The quantitative estimate of drug-likeness (QED) is 0.0840. The number of carbonyl (C=O) groups is 4. The Hall–Kier alpha value is -4.13. The number of guanidine groups is 1. The molecule has 13 heteroatoms. The van der Waals surface area contributed by atoms with E-state index in [1.807, 2.05) is 31.2 Å². The number of carboxylic acid groups (broad SMARTS) is 1. The van der Waals surface area contributed by atoms with Crippen molar-refractivity contribution in [1.82, 2.24) is 20.9 Å². The zero-order chi connectivity index (χ0) is 29.1. The first-order valence-corrected chi connectivity index (χ1v) is 12.9. The molecule has 3 amide bonds. The van der Waals surface area contributed by atoms with E-state index in [0.29, 0.717) is 12.8 Å². The molecule has 0 aliphatic carbocycles. The molecule has 1 aromatic carbocycles. The highest BCUT2D eigenvalue weighted by Crippen LogP contribution is 2.20. The van der Waals surface area contributed by atoms with Gasteiger partial charge in [0.05, 0.1) is 6.04 Å². The van der Waals surface area contributed by atoms with Crippen molar-refractivity contribution in [2.45, 2.75) is 70.6 Å². The molecule has 1 aromatic heterocycles. The summed E-state index contributed by atoms with van der Waals surface area (Å²) in [6.07, 6.45) is 2.79. The number of benzene rings is 1. The lowest BCUT2D eigenvalue weighted by Crippen LogP contribution is -2.58. The van der Waals surface area contributed by atoms with Crippen molar-refractivity contribution in [2.24, 2.45) is 28.1 Å². The topological polar surface area (TPSA) is 231 Å². The van der Waals surface area contributed by atoms with Gasteiger partial charge in [0.25, 0.3) is 0 Å². The van der Waals surface area contributed by atoms with Crippen molar-refractivity contribution in [3.63, 3.8) is 0 Å². The molecular formula is C26H40N8O5. The highest BCUT2D eigenvalue weighted by atomic mass is 16.4. The molecule has 39 heavy (non-hydrogen) atoms. The fraction of sp³-hybridized carbons (Fsp3) is 0.500. The maximum atomic E-state index is 13.4. The van der Waals surface area contributed by atoms with Crippen molar-refractivity contribution in [3.8, 4) is 0 Å². The van der Waals surface area contributed by atoms with Crippen LogP contribution in [0.2, 0.25) is 0 Å². The van der Waals surface area contributed by atoms with Gasteiger partial charge in [0.1, 0.15) is 18.1 Å². The van der Waals surface area contributed by atoms with Gasteiger partial charge in [-0.2, -0.15) is 0 Å². The number of fused-ring (bicyclic) bond motifs is 1. The molecule has 0 fully saturated rings. The molecule has 2 aromatic rings. The van der Waals surface area contributed by atoms with E-state index < -0.39 is 47.9 Å². The minimum absolute atomic E-state index is 0.0749. The zero-order valence-corrected chi connectivity index (χ0v) is 22.6. The molecule has 2 rings (SSSR count). The first-order valence-electron chi connectivity index (χ1n) is 12.9. The average molecular weight is 545 g/mol. The number of para-hydroxylation sites is 1. The van der Waals surface area contributed by atoms with Gasteiger partial charge in [0.2, 0.25) is 17.7 Å². The molecule has 5 unspecified atom stereocenters. The van der Waals surface area contributed by atoms with Crippen LogP contribution in [-0.2, 0) is 25.6 Å². The van der Waals surface area contributed by atoms with Crippen molar-refractivity contribution < 1.29 is 24.3 Å². The summed E-state index contributed by atoms with van der Waals surface area (Å²) in [7, 11) is 0. The fourth-order valence-electron chi connectivity index (χ4n) is 4.01. The van der Waals surface area contributed by atoms with Gasteiger partial charge in [-0.1, -0.05) is 38.5 Å². The van der Waals surface area contributed by atoms with E-state index in [9.17, 15) is 24.3 Å². The number of rotatable bonds is 15. The van der Waals surface area contributed by atoms with E-state index in [2.05, 4.69) is 25.9 Å². The summed E-state index contributed by atoms with van der Waals surface area (Å²) in [5, 5.41) is 18.5. The zero-order valence-electron chi connectivity index (χ0n) is 22.6. The monoisotopic (exact) mass is 544 g/mol. The first kappa shape index (κ1) is 31.1. The lowest BCUT2D eigenvalue weighted by atomic mass is 9.96. The second kappa shape index (κ2) is 14.7. The van der Waals surface area contributed by atoms with E-state index in [4.69, 9.17) is 17.2 Å². The van der Waals surface area contributed by atoms with Crippen LogP contribution in [0.3, 0.4) is 0 Å². The summed E-state index contributed by atoms with van der Waals surface area (Å²) < 4.78 is 0. The first-order chi connectivity index (χ1) is 18.4. The van der Waals surface area contributed by atoms with Crippen molar-refractivity contribution >= 4 is 40.6 Å². The van der Waals surface area contributed by atoms with Gasteiger partial charge in [-0.3, -0.25) is 19.4 Å². The largest absolute Gasteiger partial charge is 0.480 e. The van der Waals surface area contributed by atoms with Crippen LogP contribution < -0.4 is 33.2 Å². The van der Waals surface area contributed by atoms with Crippen molar-refractivity contribution in [1.29, 1.82) is 0 Å². The molecule has 0 bridgehead atoms. The van der Waals surface area contributed by atoms with Gasteiger partial charge < -0.3 is 43.2 Å². The number of aliphatic imine (C=N–C) groups is 1. The number of aromatic amines is 1. The summed E-state index contributed by atoms with van der Waals surface area (Å²) in [5.74, 6) is -3.35. The van der Waals surface area contributed by atoms with Crippen LogP contribution in [0.4, 0.5) is 0 Å². The van der Waals surface area contributed by atoms with Crippen LogP contribution in [0.25, 0.3) is 10.9 Å². The van der Waals surface area contributed by atoms with Gasteiger partial charge >= 0.3 is 5.97 Å². The molecule has 11 N–H and O–H groups in total. The molecule has 0 radical (unpaired) electrons. The van der Waals surface area contributed by atoms with E-state index in [0.717, 1.165) is 16.5 Å². The van der Waals surface area contributed by atoms with E-state index in [1.54, 1.807) is 13.1 Å². The molecule has 0 aliphatic rings. The van der Waals surface area contributed by atoms with Crippen LogP contribution in [0.5, 0.6) is 0 Å². The van der Waals surface area contributed by atoms with Crippen LogP contribution in [-0.4, -0.2) is 70.5 Å². The lowest BCUT2D eigenvalue weighted by Gasteiger charge is -2.27. The second-order valence-corrected chi connectivity index (χ2v) is 9.63. The maximum Gasteiger partial charge on any atom is 0.326 e. The fourth-order valence-corrected chi connectivity index (χ4v) is 4.01. The Balaban J connectivity index is 2.30. The number of aromatic nitrogens is 1. The number of nitrogens with one attached hydrogen (secondary N) is 4. The number of amides is 3. The number of aliphatic carboxylic acids is 1. The van der Waals surface area contributed by atoms with Crippen LogP contribution in [0.15, 0.2) is 35.5 Å². The third kappa shape index (κ3) is 9.28.